The number of likely N-dealkylation sites (N-methyl/N-ethyl adjacent to an activating group) is 1. The van der Waals surface area contributed by atoms with Gasteiger partial charge in [-0.1, -0.05) is 11.6 Å². The number of amides is 1. The van der Waals surface area contributed by atoms with E-state index in [4.69, 9.17) is 11.6 Å². The molecule has 1 aromatic carbocycles. The van der Waals surface area contributed by atoms with E-state index in [9.17, 15) is 14.9 Å². The fraction of sp³-hybridized carbons (Fsp3) is 0.200. The van der Waals surface area contributed by atoms with Gasteiger partial charge in [0.15, 0.2) is 0 Å². The number of hydrogen-bond acceptors (Lipinski definition) is 6. The van der Waals surface area contributed by atoms with Gasteiger partial charge in [-0.25, -0.2) is 4.98 Å². The maximum atomic E-state index is 12.3. The van der Waals surface area contributed by atoms with Crippen molar-refractivity contribution < 1.29 is 4.79 Å². The quantitative estimate of drug-likeness (QED) is 0.557. The monoisotopic (exact) mass is 410 g/mol. The number of aryl methyl sites for hydroxylation is 1. The van der Waals surface area contributed by atoms with Crippen molar-refractivity contribution in [3.63, 3.8) is 0 Å². The lowest BCUT2D eigenvalue weighted by molar-refractivity contribution is -0.121. The summed E-state index contributed by atoms with van der Waals surface area (Å²) in [5.74, 6) is -0.196. The molecule has 29 heavy (non-hydrogen) atoms. The Balaban J connectivity index is 2.09. The molecular weight excluding hydrogens is 392 g/mol. The topological polar surface area (TPSA) is 112 Å². The molecule has 9 heteroatoms. The molecule has 8 nitrogen and oxygen atoms in total. The standard InChI is InChI=1S/C20H19ClN6O2/c1-11(20(29)23-2)25-16-9-18(28)27(3)17-5-4-12(8-13(16)17)26-15-6-7-24-19(21)14(15)10-22/h4-9,11,25H,1-3H3,(H,23,29)(H,24,26)/t11-/m1/s1. The lowest BCUT2D eigenvalue weighted by Gasteiger charge is -2.18. The Morgan fingerprint density at radius 3 is 2.72 bits per heavy atom. The van der Waals surface area contributed by atoms with E-state index in [1.165, 1.54) is 16.8 Å². The third-order valence-electron chi connectivity index (χ3n) is 4.55. The van der Waals surface area contributed by atoms with Crippen LogP contribution in [0.4, 0.5) is 17.1 Å². The number of benzene rings is 1. The highest BCUT2D eigenvalue weighted by molar-refractivity contribution is 6.31. The summed E-state index contributed by atoms with van der Waals surface area (Å²) in [5, 5.41) is 19.0. The van der Waals surface area contributed by atoms with Crippen molar-refractivity contribution in [2.45, 2.75) is 13.0 Å². The molecule has 0 radical (unpaired) electrons. The summed E-state index contributed by atoms with van der Waals surface area (Å²) >= 11 is 6.00. The first-order valence-electron chi connectivity index (χ1n) is 8.79. The third kappa shape index (κ3) is 4.00. The largest absolute Gasteiger partial charge is 0.373 e. The van der Waals surface area contributed by atoms with Crippen LogP contribution in [0.2, 0.25) is 5.15 Å². The Bertz CT molecular complexity index is 1200. The van der Waals surface area contributed by atoms with E-state index in [0.717, 1.165) is 5.39 Å². The molecule has 1 atom stereocenters. The van der Waals surface area contributed by atoms with E-state index >= 15 is 0 Å². The molecule has 2 heterocycles. The molecule has 0 aliphatic heterocycles. The van der Waals surface area contributed by atoms with E-state index < -0.39 is 6.04 Å². The average molecular weight is 411 g/mol. The zero-order valence-electron chi connectivity index (χ0n) is 16.1. The van der Waals surface area contributed by atoms with Gasteiger partial charge in [-0.15, -0.1) is 0 Å². The van der Waals surface area contributed by atoms with E-state index in [0.29, 0.717) is 22.6 Å². The van der Waals surface area contributed by atoms with E-state index in [1.54, 1.807) is 39.2 Å². The summed E-state index contributed by atoms with van der Waals surface area (Å²) in [6.45, 7) is 1.71. The van der Waals surface area contributed by atoms with Crippen molar-refractivity contribution in [1.29, 1.82) is 5.26 Å². The molecule has 0 bridgehead atoms. The molecule has 0 saturated carbocycles. The number of aromatic nitrogens is 2. The van der Waals surface area contributed by atoms with Crippen molar-refractivity contribution in [3.8, 4) is 6.07 Å². The van der Waals surface area contributed by atoms with Crippen LogP contribution in [0.25, 0.3) is 10.9 Å². The van der Waals surface area contributed by atoms with Crippen molar-refractivity contribution in [3.05, 3.63) is 57.6 Å². The van der Waals surface area contributed by atoms with Gasteiger partial charge in [0.05, 0.1) is 11.2 Å². The molecule has 1 amide bonds. The second-order valence-corrected chi connectivity index (χ2v) is 6.79. The minimum atomic E-state index is -0.531. The Morgan fingerprint density at radius 1 is 1.28 bits per heavy atom. The molecule has 3 N–H and O–H groups in total. The molecular formula is C20H19ClN6O2. The van der Waals surface area contributed by atoms with Gasteiger partial charge in [0, 0.05) is 43.1 Å². The first-order chi connectivity index (χ1) is 13.8. The van der Waals surface area contributed by atoms with Gasteiger partial charge in [0.25, 0.3) is 5.56 Å². The Kier molecular flexibility index (Phi) is 5.71. The fourth-order valence-corrected chi connectivity index (χ4v) is 3.18. The van der Waals surface area contributed by atoms with Crippen LogP contribution in [0.3, 0.4) is 0 Å². The van der Waals surface area contributed by atoms with Gasteiger partial charge in [-0.2, -0.15) is 5.26 Å². The number of hydrogen-bond donors (Lipinski definition) is 3. The van der Waals surface area contributed by atoms with Crippen LogP contribution >= 0.6 is 11.6 Å². The van der Waals surface area contributed by atoms with Crippen LogP contribution in [0.15, 0.2) is 41.3 Å². The molecule has 0 aliphatic rings. The average Bonchev–Trinajstić information content (AvgIpc) is 2.71. The highest BCUT2D eigenvalue weighted by atomic mass is 35.5. The van der Waals surface area contributed by atoms with Crippen molar-refractivity contribution in [2.75, 3.05) is 17.7 Å². The predicted octanol–water partition coefficient (Wildman–Crippen LogP) is 2.75. The van der Waals surface area contributed by atoms with Gasteiger partial charge in [0.1, 0.15) is 22.8 Å². The molecule has 2 aromatic heterocycles. The molecule has 0 unspecified atom stereocenters. The third-order valence-corrected chi connectivity index (χ3v) is 4.84. The number of carbonyl (C=O) groups is 1. The lowest BCUT2D eigenvalue weighted by Crippen LogP contribution is -2.35. The van der Waals surface area contributed by atoms with E-state index in [2.05, 4.69) is 20.9 Å². The lowest BCUT2D eigenvalue weighted by atomic mass is 10.1. The van der Waals surface area contributed by atoms with Crippen LogP contribution in [0.5, 0.6) is 0 Å². The van der Waals surface area contributed by atoms with Crippen LogP contribution in [0, 0.1) is 11.3 Å². The first kappa shape index (κ1) is 20.2. The summed E-state index contributed by atoms with van der Waals surface area (Å²) in [5.41, 5.74) is 2.48. The number of fused-ring (bicyclic) bond motifs is 1. The number of nitrogens with zero attached hydrogens (tertiary/aromatic N) is 3. The van der Waals surface area contributed by atoms with Crippen molar-refractivity contribution >= 4 is 45.5 Å². The number of pyridine rings is 2. The molecule has 0 saturated heterocycles. The van der Waals surface area contributed by atoms with Crippen LogP contribution in [0.1, 0.15) is 12.5 Å². The van der Waals surface area contributed by atoms with Gasteiger partial charge in [-0.3, -0.25) is 9.59 Å². The molecule has 0 spiro atoms. The van der Waals surface area contributed by atoms with Gasteiger partial charge in [-0.05, 0) is 31.2 Å². The number of halogens is 1. The SMILES string of the molecule is CNC(=O)[C@@H](C)Nc1cc(=O)n(C)c2ccc(Nc3ccnc(Cl)c3C#N)cc12. The molecule has 3 rings (SSSR count). The zero-order valence-corrected chi connectivity index (χ0v) is 16.8. The maximum absolute atomic E-state index is 12.3. The van der Waals surface area contributed by atoms with Crippen LogP contribution in [-0.2, 0) is 11.8 Å². The van der Waals surface area contributed by atoms with Gasteiger partial charge in [0.2, 0.25) is 5.91 Å². The first-order valence-corrected chi connectivity index (χ1v) is 9.17. The Morgan fingerprint density at radius 2 is 2.03 bits per heavy atom. The normalized spacial score (nSPS) is 11.6. The van der Waals surface area contributed by atoms with Gasteiger partial charge < -0.3 is 20.5 Å². The second kappa shape index (κ2) is 8.20. The highest BCUT2D eigenvalue weighted by Gasteiger charge is 2.15. The Labute approximate surface area is 172 Å². The summed E-state index contributed by atoms with van der Waals surface area (Å²) in [6.07, 6.45) is 1.51. The highest BCUT2D eigenvalue weighted by Crippen LogP contribution is 2.29. The number of rotatable bonds is 5. The summed E-state index contributed by atoms with van der Waals surface area (Å²) in [4.78, 5) is 28.1. The van der Waals surface area contributed by atoms with Crippen molar-refractivity contribution in [2.24, 2.45) is 7.05 Å². The van der Waals surface area contributed by atoms with Crippen LogP contribution < -0.4 is 21.5 Å². The minimum Gasteiger partial charge on any atom is -0.373 e. The molecule has 148 valence electrons. The number of anilines is 3. The number of nitriles is 1. The number of nitrogens with one attached hydrogen (secondary N) is 3. The summed E-state index contributed by atoms with van der Waals surface area (Å²) < 4.78 is 1.53. The summed E-state index contributed by atoms with van der Waals surface area (Å²) in [6, 6.07) is 10.0. The fourth-order valence-electron chi connectivity index (χ4n) is 2.98. The molecule has 0 aliphatic carbocycles. The molecule has 0 fully saturated rings. The second-order valence-electron chi connectivity index (χ2n) is 6.43. The summed E-state index contributed by atoms with van der Waals surface area (Å²) in [7, 11) is 3.23. The number of carbonyl (C=O) groups excluding carboxylic acids is 1. The molecule has 3 aromatic rings. The van der Waals surface area contributed by atoms with Gasteiger partial charge >= 0.3 is 0 Å². The maximum Gasteiger partial charge on any atom is 0.252 e. The zero-order chi connectivity index (χ0) is 21.1. The Hall–Kier alpha value is -3.57. The van der Waals surface area contributed by atoms with Crippen LogP contribution in [-0.4, -0.2) is 28.5 Å². The predicted molar refractivity (Wildman–Crippen MR) is 114 cm³/mol. The smallest absolute Gasteiger partial charge is 0.252 e. The van der Waals surface area contributed by atoms with Crippen molar-refractivity contribution in [1.82, 2.24) is 14.9 Å². The minimum absolute atomic E-state index is 0.113. The van der Waals surface area contributed by atoms with E-state index in [-0.39, 0.29) is 22.2 Å². The van der Waals surface area contributed by atoms with E-state index in [1.807, 2.05) is 12.1 Å².